The van der Waals surface area contributed by atoms with Crippen molar-refractivity contribution in [3.8, 4) is 0 Å². The maximum atomic E-state index is 11.5. The molecule has 0 saturated carbocycles. The lowest BCUT2D eigenvalue weighted by atomic mass is 10.0. The van der Waals surface area contributed by atoms with Crippen LogP contribution in [0.5, 0.6) is 0 Å². The van der Waals surface area contributed by atoms with E-state index in [9.17, 15) is 4.79 Å². The second kappa shape index (κ2) is 5.98. The third-order valence-corrected chi connectivity index (χ3v) is 2.49. The second-order valence-corrected chi connectivity index (χ2v) is 3.93. The van der Waals surface area contributed by atoms with Crippen molar-refractivity contribution in [2.45, 2.75) is 44.8 Å². The van der Waals surface area contributed by atoms with Gasteiger partial charge in [-0.2, -0.15) is 0 Å². The Hall–Kier alpha value is -0.610. The van der Waals surface area contributed by atoms with Gasteiger partial charge in [0.05, 0.1) is 12.1 Å². The van der Waals surface area contributed by atoms with E-state index in [-0.39, 0.29) is 18.1 Å². The van der Waals surface area contributed by atoms with E-state index >= 15 is 0 Å². The van der Waals surface area contributed by atoms with Crippen molar-refractivity contribution < 1.29 is 9.90 Å². The predicted octanol–water partition coefficient (Wildman–Crippen LogP) is 0.0156. The van der Waals surface area contributed by atoms with E-state index < -0.39 is 0 Å². The minimum Gasteiger partial charge on any atom is -0.393 e. The molecule has 1 aliphatic rings. The summed E-state index contributed by atoms with van der Waals surface area (Å²) < 4.78 is 0. The number of carbonyl (C=O) groups excluding carboxylic acids is 1. The van der Waals surface area contributed by atoms with Crippen molar-refractivity contribution in [3.05, 3.63) is 0 Å². The first-order valence-electron chi connectivity index (χ1n) is 5.39. The summed E-state index contributed by atoms with van der Waals surface area (Å²) in [7, 11) is 0. The standard InChI is InChI=1S/C10H20N2O2/c1-8(13)5-7-12-10(14)9-4-2-3-6-11-9/h8-9,11,13H,2-7H2,1H3,(H,12,14)/t8-,9+/m1/s1. The van der Waals surface area contributed by atoms with Crippen LogP contribution < -0.4 is 10.6 Å². The molecule has 1 aliphatic heterocycles. The minimum absolute atomic E-state index is 0.0160. The van der Waals surface area contributed by atoms with E-state index in [0.717, 1.165) is 25.8 Å². The Morgan fingerprint density at radius 1 is 1.64 bits per heavy atom. The van der Waals surface area contributed by atoms with Gasteiger partial charge in [0.15, 0.2) is 0 Å². The highest BCUT2D eigenvalue weighted by Gasteiger charge is 2.19. The molecule has 0 spiro atoms. The SMILES string of the molecule is C[C@@H](O)CCNC(=O)[C@@H]1CCCCN1. The first-order valence-corrected chi connectivity index (χ1v) is 5.39. The summed E-state index contributed by atoms with van der Waals surface area (Å²) in [6, 6.07) is -0.0160. The molecule has 82 valence electrons. The van der Waals surface area contributed by atoms with E-state index in [1.54, 1.807) is 6.92 Å². The zero-order valence-corrected chi connectivity index (χ0v) is 8.75. The van der Waals surface area contributed by atoms with Crippen LogP contribution in [0.1, 0.15) is 32.6 Å². The first-order chi connectivity index (χ1) is 6.70. The fourth-order valence-electron chi connectivity index (χ4n) is 1.60. The Morgan fingerprint density at radius 2 is 2.43 bits per heavy atom. The Labute approximate surface area is 85.1 Å². The third-order valence-electron chi connectivity index (χ3n) is 2.49. The number of nitrogens with one attached hydrogen (secondary N) is 2. The lowest BCUT2D eigenvalue weighted by Gasteiger charge is -2.22. The number of piperidine rings is 1. The average Bonchev–Trinajstić information content (AvgIpc) is 2.18. The van der Waals surface area contributed by atoms with Crippen LogP contribution in [0.3, 0.4) is 0 Å². The zero-order valence-electron chi connectivity index (χ0n) is 8.75. The van der Waals surface area contributed by atoms with Crippen molar-refractivity contribution in [2.75, 3.05) is 13.1 Å². The number of aliphatic hydroxyl groups is 1. The van der Waals surface area contributed by atoms with E-state index in [4.69, 9.17) is 5.11 Å². The van der Waals surface area contributed by atoms with Crippen LogP contribution in [-0.4, -0.2) is 36.2 Å². The van der Waals surface area contributed by atoms with Crippen molar-refractivity contribution in [3.63, 3.8) is 0 Å². The van der Waals surface area contributed by atoms with Crippen LogP contribution in [-0.2, 0) is 4.79 Å². The monoisotopic (exact) mass is 200 g/mol. The van der Waals surface area contributed by atoms with Gasteiger partial charge < -0.3 is 15.7 Å². The highest BCUT2D eigenvalue weighted by molar-refractivity contribution is 5.81. The van der Waals surface area contributed by atoms with Crippen LogP contribution in [0.15, 0.2) is 0 Å². The summed E-state index contributed by atoms with van der Waals surface area (Å²) in [5.41, 5.74) is 0. The summed E-state index contributed by atoms with van der Waals surface area (Å²) >= 11 is 0. The average molecular weight is 200 g/mol. The molecule has 0 aromatic heterocycles. The number of carbonyl (C=O) groups is 1. The Bertz CT molecular complexity index is 177. The number of rotatable bonds is 4. The predicted molar refractivity (Wildman–Crippen MR) is 54.9 cm³/mol. The van der Waals surface area contributed by atoms with Gasteiger partial charge in [0.2, 0.25) is 5.91 Å². The molecule has 0 aromatic carbocycles. The van der Waals surface area contributed by atoms with Gasteiger partial charge in [-0.1, -0.05) is 6.42 Å². The number of aliphatic hydroxyl groups excluding tert-OH is 1. The van der Waals surface area contributed by atoms with Crippen molar-refractivity contribution in [1.82, 2.24) is 10.6 Å². The minimum atomic E-state index is -0.338. The molecule has 1 fully saturated rings. The van der Waals surface area contributed by atoms with Gasteiger partial charge in [0, 0.05) is 6.54 Å². The number of amides is 1. The quantitative estimate of drug-likeness (QED) is 0.599. The summed E-state index contributed by atoms with van der Waals surface area (Å²) in [6.45, 7) is 3.23. The zero-order chi connectivity index (χ0) is 10.4. The van der Waals surface area contributed by atoms with E-state index in [1.807, 2.05) is 0 Å². The molecule has 1 rings (SSSR count). The largest absolute Gasteiger partial charge is 0.393 e. The van der Waals surface area contributed by atoms with Crippen molar-refractivity contribution >= 4 is 5.91 Å². The van der Waals surface area contributed by atoms with Crippen LogP contribution in [0.2, 0.25) is 0 Å². The maximum Gasteiger partial charge on any atom is 0.237 e. The van der Waals surface area contributed by atoms with Gasteiger partial charge in [0.25, 0.3) is 0 Å². The topological polar surface area (TPSA) is 61.4 Å². The Kier molecular flexibility index (Phi) is 4.90. The van der Waals surface area contributed by atoms with Gasteiger partial charge in [0.1, 0.15) is 0 Å². The van der Waals surface area contributed by atoms with Gasteiger partial charge >= 0.3 is 0 Å². The van der Waals surface area contributed by atoms with Gasteiger partial charge in [-0.25, -0.2) is 0 Å². The highest BCUT2D eigenvalue weighted by atomic mass is 16.3. The second-order valence-electron chi connectivity index (χ2n) is 3.93. The Morgan fingerprint density at radius 3 is 3.00 bits per heavy atom. The summed E-state index contributed by atoms with van der Waals surface area (Å²) in [6.07, 6.45) is 3.51. The third kappa shape index (κ3) is 4.07. The number of hydrogen-bond acceptors (Lipinski definition) is 3. The molecule has 0 unspecified atom stereocenters. The van der Waals surface area contributed by atoms with Gasteiger partial charge in [-0.3, -0.25) is 4.79 Å². The molecule has 3 N–H and O–H groups in total. The molecule has 4 nitrogen and oxygen atoms in total. The van der Waals surface area contributed by atoms with E-state index in [0.29, 0.717) is 13.0 Å². The smallest absolute Gasteiger partial charge is 0.237 e. The summed E-state index contributed by atoms with van der Waals surface area (Å²) in [5.74, 6) is 0.0744. The summed E-state index contributed by atoms with van der Waals surface area (Å²) in [4.78, 5) is 11.5. The highest BCUT2D eigenvalue weighted by Crippen LogP contribution is 2.06. The molecular formula is C10H20N2O2. The fourth-order valence-corrected chi connectivity index (χ4v) is 1.60. The van der Waals surface area contributed by atoms with Gasteiger partial charge in [-0.15, -0.1) is 0 Å². The lowest BCUT2D eigenvalue weighted by Crippen LogP contribution is -2.47. The maximum absolute atomic E-state index is 11.5. The van der Waals surface area contributed by atoms with Gasteiger partial charge in [-0.05, 0) is 32.7 Å². The number of hydrogen-bond donors (Lipinski definition) is 3. The van der Waals surface area contributed by atoms with Crippen LogP contribution in [0.4, 0.5) is 0 Å². The molecule has 1 amide bonds. The fraction of sp³-hybridized carbons (Fsp3) is 0.900. The van der Waals surface area contributed by atoms with Crippen molar-refractivity contribution in [2.24, 2.45) is 0 Å². The van der Waals surface area contributed by atoms with Crippen LogP contribution in [0.25, 0.3) is 0 Å². The first kappa shape index (κ1) is 11.5. The molecule has 1 heterocycles. The molecule has 14 heavy (non-hydrogen) atoms. The van der Waals surface area contributed by atoms with Crippen LogP contribution in [0, 0.1) is 0 Å². The normalized spacial score (nSPS) is 24.3. The molecular weight excluding hydrogens is 180 g/mol. The van der Waals surface area contributed by atoms with Crippen molar-refractivity contribution in [1.29, 1.82) is 0 Å². The molecule has 2 atom stereocenters. The molecule has 0 bridgehead atoms. The molecule has 0 aromatic rings. The van der Waals surface area contributed by atoms with E-state index in [2.05, 4.69) is 10.6 Å². The molecule has 0 aliphatic carbocycles. The Balaban J connectivity index is 2.13. The molecule has 0 radical (unpaired) electrons. The lowest BCUT2D eigenvalue weighted by molar-refractivity contribution is -0.123. The summed E-state index contributed by atoms with van der Waals surface area (Å²) in [5, 5.41) is 15.0. The van der Waals surface area contributed by atoms with E-state index in [1.165, 1.54) is 0 Å². The van der Waals surface area contributed by atoms with Crippen LogP contribution >= 0.6 is 0 Å². The molecule has 1 saturated heterocycles. The molecule has 4 heteroatoms.